The number of rotatable bonds is 3. The number of hydrogen-bond acceptors (Lipinski definition) is 6. The van der Waals surface area contributed by atoms with Crippen LogP contribution in [-0.2, 0) is 6.54 Å². The fourth-order valence-corrected chi connectivity index (χ4v) is 2.07. The SMILES string of the molecule is S=c1[nH]nc(Cn2nnc(-c3cccc(Cl)c3Cl)n2)o1. The van der Waals surface area contributed by atoms with Gasteiger partial charge in [-0.15, -0.1) is 15.3 Å². The van der Waals surface area contributed by atoms with Gasteiger partial charge in [0.2, 0.25) is 11.7 Å². The summed E-state index contributed by atoms with van der Waals surface area (Å²) in [4.78, 5) is 1.51. The highest BCUT2D eigenvalue weighted by Crippen LogP contribution is 2.31. The molecule has 0 aliphatic rings. The lowest BCUT2D eigenvalue weighted by molar-refractivity contribution is 0.432. The molecule has 0 spiro atoms. The van der Waals surface area contributed by atoms with Crippen LogP contribution >= 0.6 is 35.4 Å². The predicted molar refractivity (Wildman–Crippen MR) is 74.1 cm³/mol. The molecule has 0 aliphatic heterocycles. The van der Waals surface area contributed by atoms with Gasteiger partial charge in [0.05, 0.1) is 10.0 Å². The maximum absolute atomic E-state index is 6.10. The number of nitrogens with zero attached hydrogens (tertiary/aromatic N) is 5. The van der Waals surface area contributed by atoms with E-state index in [0.29, 0.717) is 27.3 Å². The van der Waals surface area contributed by atoms with Gasteiger partial charge in [-0.1, -0.05) is 29.3 Å². The zero-order valence-corrected chi connectivity index (χ0v) is 12.1. The van der Waals surface area contributed by atoms with E-state index in [1.807, 2.05) is 0 Å². The van der Waals surface area contributed by atoms with Gasteiger partial charge in [-0.2, -0.15) is 4.80 Å². The molecular weight excluding hydrogens is 323 g/mol. The quantitative estimate of drug-likeness (QED) is 0.744. The van der Waals surface area contributed by atoms with E-state index in [4.69, 9.17) is 39.8 Å². The van der Waals surface area contributed by atoms with Crippen molar-refractivity contribution in [2.24, 2.45) is 0 Å². The maximum Gasteiger partial charge on any atom is 0.284 e. The second kappa shape index (κ2) is 5.31. The highest BCUT2D eigenvalue weighted by atomic mass is 35.5. The summed E-state index contributed by atoms with van der Waals surface area (Å²) in [6, 6.07) is 5.21. The molecule has 2 heterocycles. The Hall–Kier alpha value is -1.77. The van der Waals surface area contributed by atoms with Crippen molar-refractivity contribution < 1.29 is 4.42 Å². The van der Waals surface area contributed by atoms with E-state index in [0.717, 1.165) is 0 Å². The molecule has 102 valence electrons. The van der Waals surface area contributed by atoms with E-state index in [9.17, 15) is 0 Å². The lowest BCUT2D eigenvalue weighted by Crippen LogP contribution is -2.04. The molecule has 0 fully saturated rings. The Balaban J connectivity index is 1.90. The predicted octanol–water partition coefficient (Wildman–Crippen LogP) is 2.74. The topological polar surface area (TPSA) is 85.4 Å². The first kappa shape index (κ1) is 13.2. The molecule has 1 aromatic carbocycles. The van der Waals surface area contributed by atoms with Gasteiger partial charge in [-0.05, 0) is 29.6 Å². The molecular formula is C10H6Cl2N6OS. The van der Waals surface area contributed by atoms with Crippen molar-refractivity contribution in [3.05, 3.63) is 39.0 Å². The van der Waals surface area contributed by atoms with Crippen molar-refractivity contribution in [2.75, 3.05) is 0 Å². The van der Waals surface area contributed by atoms with E-state index in [2.05, 4.69) is 25.6 Å². The summed E-state index contributed by atoms with van der Waals surface area (Å²) in [5.74, 6) is 0.725. The molecule has 2 aromatic heterocycles. The Kier molecular flexibility index (Phi) is 3.51. The van der Waals surface area contributed by atoms with Crippen molar-refractivity contribution in [3.8, 4) is 11.4 Å². The van der Waals surface area contributed by atoms with Crippen LogP contribution in [0.25, 0.3) is 11.4 Å². The molecule has 20 heavy (non-hydrogen) atoms. The summed E-state index contributed by atoms with van der Waals surface area (Å²) >= 11 is 16.8. The number of aromatic amines is 1. The van der Waals surface area contributed by atoms with Crippen LogP contribution in [0.4, 0.5) is 0 Å². The van der Waals surface area contributed by atoms with E-state index in [1.54, 1.807) is 18.2 Å². The van der Waals surface area contributed by atoms with Crippen molar-refractivity contribution >= 4 is 35.4 Å². The second-order valence-corrected chi connectivity index (χ2v) is 4.91. The molecule has 0 aliphatic carbocycles. The molecule has 0 saturated carbocycles. The molecule has 1 N–H and O–H groups in total. The molecule has 0 unspecified atom stereocenters. The van der Waals surface area contributed by atoms with Crippen LogP contribution in [-0.4, -0.2) is 30.4 Å². The molecule has 3 rings (SSSR count). The van der Waals surface area contributed by atoms with Gasteiger partial charge in [0.15, 0.2) is 0 Å². The second-order valence-electron chi connectivity index (χ2n) is 3.75. The number of tetrazole rings is 1. The van der Waals surface area contributed by atoms with Crippen LogP contribution in [0.5, 0.6) is 0 Å². The number of H-pyrrole nitrogens is 1. The van der Waals surface area contributed by atoms with Crippen molar-refractivity contribution in [2.45, 2.75) is 6.54 Å². The van der Waals surface area contributed by atoms with Gasteiger partial charge in [0.1, 0.15) is 6.54 Å². The first-order valence-electron chi connectivity index (χ1n) is 5.40. The zero-order chi connectivity index (χ0) is 14.1. The van der Waals surface area contributed by atoms with E-state index in [1.165, 1.54) is 4.80 Å². The number of halogens is 2. The van der Waals surface area contributed by atoms with E-state index in [-0.39, 0.29) is 11.4 Å². The van der Waals surface area contributed by atoms with Gasteiger partial charge in [-0.3, -0.25) is 0 Å². The fraction of sp³-hybridized carbons (Fsp3) is 0.100. The van der Waals surface area contributed by atoms with Gasteiger partial charge in [0.25, 0.3) is 4.84 Å². The highest BCUT2D eigenvalue weighted by molar-refractivity contribution is 7.71. The first-order valence-corrected chi connectivity index (χ1v) is 6.56. The Bertz CT molecular complexity index is 810. The third-order valence-electron chi connectivity index (χ3n) is 2.40. The van der Waals surface area contributed by atoms with Crippen LogP contribution < -0.4 is 0 Å². The summed E-state index contributed by atoms with van der Waals surface area (Å²) < 4.78 is 5.12. The fourth-order valence-electron chi connectivity index (χ4n) is 1.54. The highest BCUT2D eigenvalue weighted by Gasteiger charge is 2.13. The Morgan fingerprint density at radius 2 is 2.20 bits per heavy atom. The number of nitrogens with one attached hydrogen (secondary N) is 1. The molecule has 3 aromatic rings. The normalized spacial score (nSPS) is 10.9. The van der Waals surface area contributed by atoms with E-state index >= 15 is 0 Å². The minimum atomic E-state index is 0.193. The standard InChI is InChI=1S/C10H6Cl2N6OS/c11-6-3-1-2-5(8(6)12)9-14-17-18(16-9)4-7-13-15-10(20)19-7/h1-3H,4H2,(H,15,20). The van der Waals surface area contributed by atoms with Crippen molar-refractivity contribution in [1.82, 2.24) is 30.4 Å². The molecule has 0 amide bonds. The molecule has 0 atom stereocenters. The summed E-state index contributed by atoms with van der Waals surface area (Å²) in [5, 5.41) is 19.2. The smallest absolute Gasteiger partial charge is 0.284 e. The summed E-state index contributed by atoms with van der Waals surface area (Å²) in [5.41, 5.74) is 0.605. The van der Waals surface area contributed by atoms with Crippen LogP contribution in [0.15, 0.2) is 22.6 Å². The molecule has 10 heteroatoms. The third kappa shape index (κ3) is 2.58. The summed E-state index contributed by atoms with van der Waals surface area (Å²) in [6.07, 6.45) is 0. The molecule has 0 bridgehead atoms. The van der Waals surface area contributed by atoms with Crippen LogP contribution in [0, 0.1) is 4.84 Å². The lowest BCUT2D eigenvalue weighted by atomic mass is 10.2. The molecule has 7 nitrogen and oxygen atoms in total. The van der Waals surface area contributed by atoms with Gasteiger partial charge in [0, 0.05) is 5.56 Å². The minimum Gasteiger partial charge on any atom is -0.412 e. The zero-order valence-electron chi connectivity index (χ0n) is 9.75. The number of aromatic nitrogens is 6. The van der Waals surface area contributed by atoms with Gasteiger partial charge in [-0.25, -0.2) is 5.10 Å². The molecule has 0 radical (unpaired) electrons. The largest absolute Gasteiger partial charge is 0.412 e. The average molecular weight is 329 g/mol. The first-order chi connectivity index (χ1) is 9.63. The van der Waals surface area contributed by atoms with Crippen molar-refractivity contribution in [1.29, 1.82) is 0 Å². The van der Waals surface area contributed by atoms with Gasteiger partial charge >= 0.3 is 0 Å². The number of hydrogen-bond donors (Lipinski definition) is 1. The average Bonchev–Trinajstić information content (AvgIpc) is 3.03. The Labute approximate surface area is 127 Å². The van der Waals surface area contributed by atoms with Gasteiger partial charge < -0.3 is 4.42 Å². The minimum absolute atomic E-state index is 0.193. The van der Waals surface area contributed by atoms with Crippen LogP contribution in [0.1, 0.15) is 5.89 Å². The lowest BCUT2D eigenvalue weighted by Gasteiger charge is -1.99. The Morgan fingerprint density at radius 3 is 2.95 bits per heavy atom. The number of benzene rings is 1. The summed E-state index contributed by atoms with van der Waals surface area (Å²) in [6.45, 7) is 0.207. The molecule has 0 saturated heterocycles. The van der Waals surface area contributed by atoms with Crippen molar-refractivity contribution in [3.63, 3.8) is 0 Å². The monoisotopic (exact) mass is 328 g/mol. The summed E-state index contributed by atoms with van der Waals surface area (Å²) in [7, 11) is 0. The Morgan fingerprint density at radius 1 is 1.35 bits per heavy atom. The van der Waals surface area contributed by atoms with Crippen LogP contribution in [0.2, 0.25) is 10.0 Å². The maximum atomic E-state index is 6.10. The third-order valence-corrected chi connectivity index (χ3v) is 3.40. The van der Waals surface area contributed by atoms with E-state index < -0.39 is 0 Å². The van der Waals surface area contributed by atoms with Crippen LogP contribution in [0.3, 0.4) is 0 Å².